The van der Waals surface area contributed by atoms with Crippen LogP contribution in [0.4, 0.5) is 13.2 Å². The molecule has 1 saturated heterocycles. The van der Waals surface area contributed by atoms with Crippen LogP contribution < -0.4 is 4.74 Å². The zero-order chi connectivity index (χ0) is 19.1. The number of nitrogens with zero attached hydrogens (tertiary/aromatic N) is 1. The Morgan fingerprint density at radius 3 is 2.26 bits per heavy atom. The molecule has 2 fully saturated rings. The smallest absolute Gasteiger partial charge is 0.406 e. The summed E-state index contributed by atoms with van der Waals surface area (Å²) < 4.78 is 52.5. The summed E-state index contributed by atoms with van der Waals surface area (Å²) in [5.41, 5.74) is 0.399. The van der Waals surface area contributed by atoms with E-state index in [1.165, 1.54) is 24.3 Å². The number of halogens is 3. The summed E-state index contributed by atoms with van der Waals surface area (Å²) in [6.07, 6.45) is -3.34. The molecule has 1 saturated carbocycles. The van der Waals surface area contributed by atoms with Crippen molar-refractivity contribution in [3.05, 3.63) is 59.9 Å². The number of aliphatic hydroxyl groups is 1. The summed E-state index contributed by atoms with van der Waals surface area (Å²) in [5.74, 6) is -1.06. The second kappa shape index (κ2) is 6.47. The summed E-state index contributed by atoms with van der Waals surface area (Å²) in [6, 6.07) is 10.8. The van der Waals surface area contributed by atoms with Crippen LogP contribution in [-0.4, -0.2) is 35.5 Å². The molecular weight excluding hydrogens is 363 g/mol. The molecule has 0 radical (unpaired) electrons. The number of ether oxygens (including phenoxy) is 3. The minimum atomic E-state index is -4.75. The number of aromatic nitrogens is 1. The fourth-order valence-corrected chi connectivity index (χ4v) is 3.98. The van der Waals surface area contributed by atoms with Gasteiger partial charge in [0.05, 0.1) is 18.9 Å². The predicted molar refractivity (Wildman–Crippen MR) is 87.9 cm³/mol. The van der Waals surface area contributed by atoms with Gasteiger partial charge in [0.15, 0.2) is 5.79 Å². The van der Waals surface area contributed by atoms with E-state index in [0.29, 0.717) is 37.3 Å². The van der Waals surface area contributed by atoms with Crippen LogP contribution in [0.5, 0.6) is 5.75 Å². The van der Waals surface area contributed by atoms with Gasteiger partial charge in [-0.1, -0.05) is 18.2 Å². The van der Waals surface area contributed by atoms with E-state index in [0.717, 1.165) is 0 Å². The van der Waals surface area contributed by atoms with Crippen LogP contribution in [0, 0.1) is 0 Å². The molecule has 0 amide bonds. The molecule has 2 heterocycles. The van der Waals surface area contributed by atoms with E-state index in [9.17, 15) is 18.3 Å². The minimum Gasteiger partial charge on any atom is -0.406 e. The van der Waals surface area contributed by atoms with Crippen molar-refractivity contribution >= 4 is 0 Å². The lowest BCUT2D eigenvalue weighted by Crippen LogP contribution is -2.58. The Bertz CT molecular complexity index is 781. The van der Waals surface area contributed by atoms with Crippen molar-refractivity contribution in [2.24, 2.45) is 0 Å². The third kappa shape index (κ3) is 3.40. The van der Waals surface area contributed by atoms with Crippen LogP contribution in [-0.2, 0) is 14.9 Å². The van der Waals surface area contributed by atoms with Crippen molar-refractivity contribution in [3.63, 3.8) is 0 Å². The standard InChI is InChI=1S/C19H18F3NO4/c20-19(21,22)27-14-6-4-13(5-7-14)17(11-18(12-17)25-9-10-26-18)16(24)15-3-1-2-8-23-15/h1-8,16,24H,9-12H2. The molecule has 1 spiro atoms. The number of pyridine rings is 1. The van der Waals surface area contributed by atoms with Gasteiger partial charge in [0.1, 0.15) is 11.9 Å². The highest BCUT2D eigenvalue weighted by molar-refractivity contribution is 5.38. The molecule has 4 rings (SSSR count). The number of hydrogen-bond donors (Lipinski definition) is 1. The van der Waals surface area contributed by atoms with Crippen LogP contribution in [0.15, 0.2) is 48.7 Å². The lowest BCUT2D eigenvalue weighted by atomic mass is 9.57. The summed E-state index contributed by atoms with van der Waals surface area (Å²) in [6.45, 7) is 0.961. The molecule has 0 bridgehead atoms. The highest BCUT2D eigenvalue weighted by atomic mass is 19.4. The molecule has 1 aliphatic heterocycles. The van der Waals surface area contributed by atoms with Crippen LogP contribution >= 0.6 is 0 Å². The molecule has 1 N–H and O–H groups in total. The fourth-order valence-electron chi connectivity index (χ4n) is 3.98. The lowest BCUT2D eigenvalue weighted by molar-refractivity contribution is -0.274. The Hall–Kier alpha value is -2.16. The van der Waals surface area contributed by atoms with Crippen molar-refractivity contribution in [2.75, 3.05) is 13.2 Å². The van der Waals surface area contributed by atoms with Gasteiger partial charge in [-0.3, -0.25) is 4.98 Å². The summed E-state index contributed by atoms with van der Waals surface area (Å²) in [4.78, 5) is 4.23. The molecule has 2 aliphatic rings. The Morgan fingerprint density at radius 1 is 1.04 bits per heavy atom. The largest absolute Gasteiger partial charge is 0.573 e. The first-order valence-corrected chi connectivity index (χ1v) is 8.55. The highest BCUT2D eigenvalue weighted by Crippen LogP contribution is 2.59. The lowest BCUT2D eigenvalue weighted by Gasteiger charge is -2.55. The average molecular weight is 381 g/mol. The number of hydrogen-bond acceptors (Lipinski definition) is 5. The molecule has 1 aromatic carbocycles. The SMILES string of the molecule is OC(c1ccccn1)C1(c2ccc(OC(F)(F)F)cc2)CC2(C1)OCCO2. The van der Waals surface area contributed by atoms with E-state index >= 15 is 0 Å². The minimum absolute atomic E-state index is 0.309. The van der Waals surface area contributed by atoms with Gasteiger partial charge in [0.2, 0.25) is 0 Å². The van der Waals surface area contributed by atoms with Crippen LogP contribution in [0.2, 0.25) is 0 Å². The summed E-state index contributed by atoms with van der Waals surface area (Å²) >= 11 is 0. The molecule has 1 aromatic heterocycles. The number of aliphatic hydroxyl groups excluding tert-OH is 1. The van der Waals surface area contributed by atoms with E-state index in [1.54, 1.807) is 24.4 Å². The zero-order valence-electron chi connectivity index (χ0n) is 14.3. The van der Waals surface area contributed by atoms with Gasteiger partial charge < -0.3 is 19.3 Å². The van der Waals surface area contributed by atoms with E-state index in [4.69, 9.17) is 9.47 Å². The maximum Gasteiger partial charge on any atom is 0.573 e. The highest BCUT2D eigenvalue weighted by Gasteiger charge is 2.62. The Morgan fingerprint density at radius 2 is 1.70 bits per heavy atom. The van der Waals surface area contributed by atoms with Crippen LogP contribution in [0.25, 0.3) is 0 Å². The first kappa shape index (κ1) is 18.2. The fraction of sp³-hybridized carbons (Fsp3) is 0.421. The van der Waals surface area contributed by atoms with Gasteiger partial charge >= 0.3 is 6.36 Å². The predicted octanol–water partition coefficient (Wildman–Crippen LogP) is 3.49. The monoisotopic (exact) mass is 381 g/mol. The van der Waals surface area contributed by atoms with Gasteiger partial charge in [-0.05, 0) is 29.8 Å². The van der Waals surface area contributed by atoms with Gasteiger partial charge in [0.25, 0.3) is 0 Å². The van der Waals surface area contributed by atoms with E-state index < -0.39 is 23.7 Å². The average Bonchev–Trinajstić information content (AvgIpc) is 3.09. The molecular formula is C19H18F3NO4. The van der Waals surface area contributed by atoms with Crippen molar-refractivity contribution in [1.29, 1.82) is 0 Å². The third-order valence-electron chi connectivity index (χ3n) is 5.14. The first-order valence-electron chi connectivity index (χ1n) is 8.55. The molecule has 144 valence electrons. The van der Waals surface area contributed by atoms with Crippen molar-refractivity contribution in [1.82, 2.24) is 4.98 Å². The topological polar surface area (TPSA) is 60.8 Å². The van der Waals surface area contributed by atoms with E-state index in [-0.39, 0.29) is 5.75 Å². The first-order chi connectivity index (χ1) is 12.8. The normalized spacial score (nSPS) is 21.6. The Labute approximate surface area is 153 Å². The molecule has 2 aromatic rings. The second-order valence-corrected chi connectivity index (χ2v) is 6.85. The molecule has 5 nitrogen and oxygen atoms in total. The third-order valence-corrected chi connectivity index (χ3v) is 5.14. The Kier molecular flexibility index (Phi) is 4.37. The van der Waals surface area contributed by atoms with Gasteiger partial charge in [-0.2, -0.15) is 0 Å². The van der Waals surface area contributed by atoms with Crippen LogP contribution in [0.1, 0.15) is 30.2 Å². The van der Waals surface area contributed by atoms with Crippen molar-refractivity contribution in [2.45, 2.75) is 36.5 Å². The second-order valence-electron chi connectivity index (χ2n) is 6.85. The van der Waals surface area contributed by atoms with Crippen molar-refractivity contribution in [3.8, 4) is 5.75 Å². The van der Waals surface area contributed by atoms with Gasteiger partial charge in [0, 0.05) is 24.5 Å². The maximum absolute atomic E-state index is 12.4. The molecule has 1 aliphatic carbocycles. The summed E-state index contributed by atoms with van der Waals surface area (Å²) in [7, 11) is 0. The summed E-state index contributed by atoms with van der Waals surface area (Å²) in [5, 5.41) is 11.1. The molecule has 1 atom stereocenters. The Balaban J connectivity index is 1.65. The number of benzene rings is 1. The molecule has 27 heavy (non-hydrogen) atoms. The van der Waals surface area contributed by atoms with Crippen molar-refractivity contribution < 1.29 is 32.5 Å². The van der Waals surface area contributed by atoms with E-state index in [1.807, 2.05) is 0 Å². The number of rotatable bonds is 4. The maximum atomic E-state index is 12.4. The molecule has 8 heteroatoms. The van der Waals surface area contributed by atoms with Crippen LogP contribution in [0.3, 0.4) is 0 Å². The van der Waals surface area contributed by atoms with E-state index in [2.05, 4.69) is 9.72 Å². The van der Waals surface area contributed by atoms with Gasteiger partial charge in [-0.15, -0.1) is 13.2 Å². The number of alkyl halides is 3. The molecule has 1 unspecified atom stereocenters. The zero-order valence-corrected chi connectivity index (χ0v) is 14.3. The quantitative estimate of drug-likeness (QED) is 0.879. The van der Waals surface area contributed by atoms with Gasteiger partial charge in [-0.25, -0.2) is 0 Å².